The quantitative estimate of drug-likeness (QED) is 0.838. The Morgan fingerprint density at radius 2 is 1.76 bits per heavy atom. The summed E-state index contributed by atoms with van der Waals surface area (Å²) in [5, 5.41) is 9.17. The summed E-state index contributed by atoms with van der Waals surface area (Å²) in [6.07, 6.45) is 2.72. The highest BCUT2D eigenvalue weighted by Crippen LogP contribution is 2.27. The molecule has 0 atom stereocenters. The third-order valence-electron chi connectivity index (χ3n) is 4.45. The Morgan fingerprint density at radius 1 is 1.19 bits per heavy atom. The fourth-order valence-corrected chi connectivity index (χ4v) is 2.79. The molecule has 0 amide bonds. The predicted molar refractivity (Wildman–Crippen MR) is 82.8 cm³/mol. The highest BCUT2D eigenvalue weighted by molar-refractivity contribution is 5.71. The summed E-state index contributed by atoms with van der Waals surface area (Å²) >= 11 is 0. The highest BCUT2D eigenvalue weighted by atomic mass is 16.4. The van der Waals surface area contributed by atoms with E-state index in [1.807, 2.05) is 34.6 Å². The molecular formula is C16H26N2O3. The van der Waals surface area contributed by atoms with Gasteiger partial charge in [-0.05, 0) is 32.6 Å². The number of hydrogen-bond donors (Lipinski definition) is 1. The number of hydrogen-bond acceptors (Lipinski definition) is 3. The molecule has 118 valence electrons. The summed E-state index contributed by atoms with van der Waals surface area (Å²) in [4.78, 5) is 27.8. The molecule has 5 heteroatoms. The molecule has 0 saturated heterocycles. The zero-order valence-electron chi connectivity index (χ0n) is 13.7. The minimum atomic E-state index is -0.888. The van der Waals surface area contributed by atoms with Crippen LogP contribution in [0.15, 0.2) is 4.79 Å². The molecule has 1 aromatic rings. The van der Waals surface area contributed by atoms with Crippen molar-refractivity contribution < 1.29 is 9.90 Å². The van der Waals surface area contributed by atoms with Crippen molar-refractivity contribution in [2.24, 2.45) is 0 Å². The van der Waals surface area contributed by atoms with E-state index in [9.17, 15) is 9.59 Å². The number of aliphatic carboxylic acids is 1. The van der Waals surface area contributed by atoms with Gasteiger partial charge in [0.15, 0.2) is 0 Å². The lowest BCUT2D eigenvalue weighted by Gasteiger charge is -2.33. The lowest BCUT2D eigenvalue weighted by molar-refractivity contribution is -0.136. The van der Waals surface area contributed by atoms with Crippen LogP contribution in [0.25, 0.3) is 0 Å². The number of aromatic nitrogens is 2. The first-order chi connectivity index (χ1) is 9.84. The second-order valence-corrected chi connectivity index (χ2v) is 5.58. The van der Waals surface area contributed by atoms with Crippen molar-refractivity contribution in [1.82, 2.24) is 9.55 Å². The smallest absolute Gasteiger partial charge is 0.348 e. The van der Waals surface area contributed by atoms with E-state index < -0.39 is 5.97 Å². The van der Waals surface area contributed by atoms with Gasteiger partial charge < -0.3 is 5.11 Å². The molecule has 0 radical (unpaired) electrons. The average molecular weight is 294 g/mol. The van der Waals surface area contributed by atoms with Gasteiger partial charge in [0.2, 0.25) is 0 Å². The maximum atomic E-state index is 12.5. The molecule has 0 aliphatic carbocycles. The predicted octanol–water partition coefficient (Wildman–Crippen LogP) is 2.53. The maximum Gasteiger partial charge on any atom is 0.348 e. The summed E-state index contributed by atoms with van der Waals surface area (Å²) in [5.41, 5.74) is 1.56. The number of carbonyl (C=O) groups is 1. The number of nitrogens with zero attached hydrogens (tertiary/aromatic N) is 2. The fraction of sp³-hybridized carbons (Fsp3) is 0.688. The fourth-order valence-electron chi connectivity index (χ4n) is 2.79. The van der Waals surface area contributed by atoms with Gasteiger partial charge in [0.1, 0.15) is 0 Å². The number of aryl methyl sites for hydroxylation is 1. The molecule has 1 N–H and O–H groups in total. The Balaban J connectivity index is 3.73. The molecule has 1 aromatic heterocycles. The van der Waals surface area contributed by atoms with Gasteiger partial charge in [-0.15, -0.1) is 0 Å². The first kappa shape index (κ1) is 17.4. The van der Waals surface area contributed by atoms with Gasteiger partial charge in [-0.2, -0.15) is 4.98 Å². The van der Waals surface area contributed by atoms with Gasteiger partial charge in [-0.1, -0.05) is 27.7 Å². The van der Waals surface area contributed by atoms with E-state index in [2.05, 4.69) is 4.98 Å². The number of carboxylic acids is 1. The third-order valence-corrected chi connectivity index (χ3v) is 4.45. The average Bonchev–Trinajstić information content (AvgIpc) is 2.46. The van der Waals surface area contributed by atoms with Crippen LogP contribution in [-0.4, -0.2) is 20.6 Å². The molecule has 0 aromatic carbocycles. The lowest BCUT2D eigenvalue weighted by Crippen LogP contribution is -2.42. The summed E-state index contributed by atoms with van der Waals surface area (Å²) in [6, 6.07) is 0. The van der Waals surface area contributed by atoms with Crippen molar-refractivity contribution in [3.8, 4) is 0 Å². The molecule has 0 bridgehead atoms. The maximum absolute atomic E-state index is 12.5. The monoisotopic (exact) mass is 294 g/mol. The van der Waals surface area contributed by atoms with E-state index in [0.717, 1.165) is 18.5 Å². The minimum Gasteiger partial charge on any atom is -0.481 e. The second kappa shape index (κ2) is 6.87. The summed E-state index contributed by atoms with van der Waals surface area (Å²) < 4.78 is 1.73. The molecule has 21 heavy (non-hydrogen) atoms. The molecule has 1 rings (SSSR count). The van der Waals surface area contributed by atoms with Crippen molar-refractivity contribution in [1.29, 1.82) is 0 Å². The van der Waals surface area contributed by atoms with Crippen LogP contribution in [-0.2, 0) is 29.6 Å². The van der Waals surface area contributed by atoms with E-state index >= 15 is 0 Å². The molecule has 0 spiro atoms. The van der Waals surface area contributed by atoms with Crippen LogP contribution in [0, 0.1) is 0 Å². The van der Waals surface area contributed by atoms with Crippen molar-refractivity contribution in [3.05, 3.63) is 27.4 Å². The van der Waals surface area contributed by atoms with Crippen LogP contribution in [0.5, 0.6) is 0 Å². The Bertz CT molecular complexity index is 572. The lowest BCUT2D eigenvalue weighted by atomic mass is 9.92. The standard InChI is InChI=1S/C16H26N2O3/c1-6-12-11(10-14(19)20)13(7-2)18(15(21)17-12)16(5,8-3)9-4/h6-10H2,1-5H3,(H,19,20). The number of rotatable bonds is 7. The molecular weight excluding hydrogens is 268 g/mol. The molecule has 1 heterocycles. The van der Waals surface area contributed by atoms with Gasteiger partial charge in [-0.25, -0.2) is 4.79 Å². The summed E-state index contributed by atoms with van der Waals surface area (Å²) in [5.74, 6) is -0.888. The van der Waals surface area contributed by atoms with Crippen LogP contribution in [0.3, 0.4) is 0 Å². The second-order valence-electron chi connectivity index (χ2n) is 5.58. The SMILES string of the molecule is CCc1nc(=O)n(C(C)(CC)CC)c(CC)c1CC(=O)O. The first-order valence-corrected chi connectivity index (χ1v) is 7.70. The normalized spacial score (nSPS) is 11.7. The van der Waals surface area contributed by atoms with Crippen molar-refractivity contribution in [3.63, 3.8) is 0 Å². The van der Waals surface area contributed by atoms with Crippen LogP contribution >= 0.6 is 0 Å². The van der Waals surface area contributed by atoms with Crippen molar-refractivity contribution in [2.75, 3.05) is 0 Å². The first-order valence-electron chi connectivity index (χ1n) is 7.70. The van der Waals surface area contributed by atoms with E-state index in [1.54, 1.807) is 4.57 Å². The molecule has 0 fully saturated rings. The largest absolute Gasteiger partial charge is 0.481 e. The van der Waals surface area contributed by atoms with Crippen LogP contribution in [0.4, 0.5) is 0 Å². The van der Waals surface area contributed by atoms with E-state index in [4.69, 9.17) is 5.11 Å². The van der Waals surface area contributed by atoms with Gasteiger partial charge in [-0.3, -0.25) is 9.36 Å². The van der Waals surface area contributed by atoms with Crippen LogP contribution in [0.2, 0.25) is 0 Å². The topological polar surface area (TPSA) is 72.2 Å². The van der Waals surface area contributed by atoms with Crippen LogP contribution < -0.4 is 5.69 Å². The molecule has 5 nitrogen and oxygen atoms in total. The van der Waals surface area contributed by atoms with Gasteiger partial charge in [0, 0.05) is 16.8 Å². The van der Waals surface area contributed by atoms with Gasteiger partial charge in [0.25, 0.3) is 0 Å². The van der Waals surface area contributed by atoms with Gasteiger partial charge in [0.05, 0.1) is 12.1 Å². The summed E-state index contributed by atoms with van der Waals surface area (Å²) in [6.45, 7) is 9.98. The Morgan fingerprint density at radius 3 is 2.14 bits per heavy atom. The third kappa shape index (κ3) is 3.34. The highest BCUT2D eigenvalue weighted by Gasteiger charge is 2.28. The van der Waals surface area contributed by atoms with Crippen LogP contribution in [0.1, 0.15) is 64.4 Å². The number of carboxylic acid groups (broad SMARTS) is 1. The molecule has 0 saturated carbocycles. The Kier molecular flexibility index (Phi) is 5.70. The van der Waals surface area contributed by atoms with E-state index in [1.165, 1.54) is 0 Å². The van der Waals surface area contributed by atoms with Crippen molar-refractivity contribution in [2.45, 2.75) is 72.3 Å². The molecule has 0 unspecified atom stereocenters. The van der Waals surface area contributed by atoms with E-state index in [0.29, 0.717) is 24.1 Å². The Labute approximate surface area is 126 Å². The zero-order chi connectivity index (χ0) is 16.2. The Hall–Kier alpha value is -1.65. The van der Waals surface area contributed by atoms with Gasteiger partial charge >= 0.3 is 11.7 Å². The zero-order valence-corrected chi connectivity index (χ0v) is 13.7. The molecule has 0 aliphatic rings. The molecule has 0 aliphatic heterocycles. The van der Waals surface area contributed by atoms with E-state index in [-0.39, 0.29) is 17.6 Å². The summed E-state index contributed by atoms with van der Waals surface area (Å²) in [7, 11) is 0. The van der Waals surface area contributed by atoms with Crippen molar-refractivity contribution >= 4 is 5.97 Å². The minimum absolute atomic E-state index is 0.0802.